The van der Waals surface area contributed by atoms with E-state index >= 15 is 0 Å². The van der Waals surface area contributed by atoms with Crippen LogP contribution in [0.2, 0.25) is 0 Å². The molecular weight excluding hydrogens is 226 g/mol. The fraction of sp³-hybridized carbons (Fsp3) is 0.214. The first kappa shape index (κ1) is 12.4. The Kier molecular flexibility index (Phi) is 4.15. The van der Waals surface area contributed by atoms with Crippen LogP contribution in [0.4, 0.5) is 5.69 Å². The molecule has 0 bridgehead atoms. The lowest BCUT2D eigenvalue weighted by molar-refractivity contribution is 0.102. The SMILES string of the molecule is CCNCc1cccc(NC(=O)c2ccc[nH]2)c1. The average Bonchev–Trinajstić information content (AvgIpc) is 2.91. The Morgan fingerprint density at radius 1 is 1.28 bits per heavy atom. The highest BCUT2D eigenvalue weighted by molar-refractivity contribution is 6.02. The van der Waals surface area contributed by atoms with E-state index in [-0.39, 0.29) is 5.91 Å². The molecule has 0 aliphatic carbocycles. The topological polar surface area (TPSA) is 56.9 Å². The number of nitrogens with one attached hydrogen (secondary N) is 3. The van der Waals surface area contributed by atoms with Gasteiger partial charge in [-0.3, -0.25) is 4.79 Å². The normalized spacial score (nSPS) is 10.3. The highest BCUT2D eigenvalue weighted by Crippen LogP contribution is 2.11. The molecule has 1 heterocycles. The Bertz CT molecular complexity index is 506. The fourth-order valence-corrected chi connectivity index (χ4v) is 1.70. The van der Waals surface area contributed by atoms with Crippen molar-refractivity contribution in [3.05, 3.63) is 53.9 Å². The molecule has 1 amide bonds. The van der Waals surface area contributed by atoms with Gasteiger partial charge in [0, 0.05) is 18.4 Å². The molecule has 0 unspecified atom stereocenters. The summed E-state index contributed by atoms with van der Waals surface area (Å²) >= 11 is 0. The van der Waals surface area contributed by atoms with E-state index in [2.05, 4.69) is 22.5 Å². The van der Waals surface area contributed by atoms with Crippen LogP contribution >= 0.6 is 0 Å². The zero-order chi connectivity index (χ0) is 12.8. The van der Waals surface area contributed by atoms with Crippen LogP contribution in [-0.4, -0.2) is 17.4 Å². The second-order valence-electron chi connectivity index (χ2n) is 4.02. The van der Waals surface area contributed by atoms with Gasteiger partial charge in [-0.15, -0.1) is 0 Å². The van der Waals surface area contributed by atoms with Gasteiger partial charge in [-0.25, -0.2) is 0 Å². The van der Waals surface area contributed by atoms with Crippen molar-refractivity contribution in [3.8, 4) is 0 Å². The molecule has 18 heavy (non-hydrogen) atoms. The number of anilines is 1. The first-order valence-electron chi connectivity index (χ1n) is 6.04. The van der Waals surface area contributed by atoms with Gasteiger partial charge < -0.3 is 15.6 Å². The van der Waals surface area contributed by atoms with E-state index in [0.717, 1.165) is 24.3 Å². The van der Waals surface area contributed by atoms with Crippen molar-refractivity contribution in [1.29, 1.82) is 0 Å². The minimum atomic E-state index is -0.124. The third-order valence-electron chi connectivity index (χ3n) is 2.61. The first-order valence-corrected chi connectivity index (χ1v) is 6.04. The molecule has 0 saturated heterocycles. The second kappa shape index (κ2) is 6.02. The molecule has 1 aromatic heterocycles. The van der Waals surface area contributed by atoms with E-state index in [0.29, 0.717) is 5.69 Å². The lowest BCUT2D eigenvalue weighted by Crippen LogP contribution is -2.14. The maximum Gasteiger partial charge on any atom is 0.272 e. The van der Waals surface area contributed by atoms with Crippen molar-refractivity contribution in [3.63, 3.8) is 0 Å². The number of carbonyl (C=O) groups is 1. The minimum absolute atomic E-state index is 0.124. The standard InChI is InChI=1S/C14H17N3O/c1-2-15-10-11-5-3-6-12(9-11)17-14(18)13-7-4-8-16-13/h3-9,15-16H,2,10H2,1H3,(H,17,18). The number of aromatic nitrogens is 1. The summed E-state index contributed by atoms with van der Waals surface area (Å²) < 4.78 is 0. The molecule has 4 heteroatoms. The van der Waals surface area contributed by atoms with Crippen LogP contribution in [-0.2, 0) is 6.54 Å². The lowest BCUT2D eigenvalue weighted by Gasteiger charge is -2.07. The van der Waals surface area contributed by atoms with Crippen molar-refractivity contribution < 1.29 is 4.79 Å². The molecule has 0 radical (unpaired) electrons. The average molecular weight is 243 g/mol. The maximum atomic E-state index is 11.8. The predicted molar refractivity (Wildman–Crippen MR) is 72.6 cm³/mol. The van der Waals surface area contributed by atoms with Gasteiger partial charge in [0.2, 0.25) is 0 Å². The molecule has 1 aromatic carbocycles. The highest BCUT2D eigenvalue weighted by Gasteiger charge is 2.06. The number of hydrogen-bond donors (Lipinski definition) is 3. The monoisotopic (exact) mass is 243 g/mol. The van der Waals surface area contributed by atoms with Crippen LogP contribution in [0.3, 0.4) is 0 Å². The summed E-state index contributed by atoms with van der Waals surface area (Å²) in [5.74, 6) is -0.124. The number of amides is 1. The Balaban J connectivity index is 2.03. The van der Waals surface area contributed by atoms with Crippen molar-refractivity contribution in [2.24, 2.45) is 0 Å². The molecule has 0 fully saturated rings. The molecule has 3 N–H and O–H groups in total. The van der Waals surface area contributed by atoms with Gasteiger partial charge in [0.05, 0.1) is 0 Å². The van der Waals surface area contributed by atoms with Gasteiger partial charge in [-0.1, -0.05) is 19.1 Å². The first-order chi connectivity index (χ1) is 8.79. The number of benzene rings is 1. The van der Waals surface area contributed by atoms with Gasteiger partial charge in [0.25, 0.3) is 5.91 Å². The summed E-state index contributed by atoms with van der Waals surface area (Å²) in [6.07, 6.45) is 1.73. The van der Waals surface area contributed by atoms with Gasteiger partial charge in [-0.05, 0) is 36.4 Å². The summed E-state index contributed by atoms with van der Waals surface area (Å²) in [5.41, 5.74) is 2.53. The summed E-state index contributed by atoms with van der Waals surface area (Å²) in [5, 5.41) is 6.12. The summed E-state index contributed by atoms with van der Waals surface area (Å²) in [7, 11) is 0. The molecule has 4 nitrogen and oxygen atoms in total. The van der Waals surface area contributed by atoms with E-state index in [4.69, 9.17) is 0 Å². The van der Waals surface area contributed by atoms with Crippen molar-refractivity contribution in [2.75, 3.05) is 11.9 Å². The van der Waals surface area contributed by atoms with Crippen molar-refractivity contribution >= 4 is 11.6 Å². The number of carbonyl (C=O) groups excluding carboxylic acids is 1. The van der Waals surface area contributed by atoms with E-state index < -0.39 is 0 Å². The molecule has 0 spiro atoms. The predicted octanol–water partition coefficient (Wildman–Crippen LogP) is 2.38. The molecule has 0 aliphatic heterocycles. The molecule has 2 rings (SSSR count). The molecular formula is C14H17N3O. The van der Waals surface area contributed by atoms with E-state index in [1.165, 1.54) is 0 Å². The zero-order valence-corrected chi connectivity index (χ0v) is 10.4. The fourth-order valence-electron chi connectivity index (χ4n) is 1.70. The quantitative estimate of drug-likeness (QED) is 0.755. The summed E-state index contributed by atoms with van der Waals surface area (Å²) in [6, 6.07) is 11.4. The van der Waals surface area contributed by atoms with Crippen molar-refractivity contribution in [1.82, 2.24) is 10.3 Å². The molecule has 0 saturated carbocycles. The molecule has 2 aromatic rings. The molecule has 94 valence electrons. The summed E-state index contributed by atoms with van der Waals surface area (Å²) in [4.78, 5) is 14.7. The van der Waals surface area contributed by atoms with Crippen LogP contribution in [0.5, 0.6) is 0 Å². The second-order valence-corrected chi connectivity index (χ2v) is 4.02. The molecule has 0 atom stereocenters. The maximum absolute atomic E-state index is 11.8. The zero-order valence-electron chi connectivity index (χ0n) is 10.4. The third-order valence-corrected chi connectivity index (χ3v) is 2.61. The Hall–Kier alpha value is -2.07. The molecule has 0 aliphatic rings. The van der Waals surface area contributed by atoms with Crippen LogP contribution in [0, 0.1) is 0 Å². The number of hydrogen-bond acceptors (Lipinski definition) is 2. The van der Waals surface area contributed by atoms with E-state index in [9.17, 15) is 4.79 Å². The highest BCUT2D eigenvalue weighted by atomic mass is 16.1. The van der Waals surface area contributed by atoms with Gasteiger partial charge in [0.1, 0.15) is 5.69 Å². The Morgan fingerprint density at radius 3 is 2.89 bits per heavy atom. The van der Waals surface area contributed by atoms with Crippen LogP contribution in [0.25, 0.3) is 0 Å². The van der Waals surface area contributed by atoms with Crippen molar-refractivity contribution in [2.45, 2.75) is 13.5 Å². The summed E-state index contributed by atoms with van der Waals surface area (Å²) in [6.45, 7) is 3.80. The number of rotatable bonds is 5. The van der Waals surface area contributed by atoms with Gasteiger partial charge >= 0.3 is 0 Å². The number of H-pyrrole nitrogens is 1. The smallest absolute Gasteiger partial charge is 0.272 e. The Morgan fingerprint density at radius 2 is 2.17 bits per heavy atom. The van der Waals surface area contributed by atoms with Gasteiger partial charge in [-0.2, -0.15) is 0 Å². The third kappa shape index (κ3) is 3.21. The van der Waals surface area contributed by atoms with Crippen LogP contribution in [0.1, 0.15) is 23.0 Å². The van der Waals surface area contributed by atoms with E-state index in [1.807, 2.05) is 24.3 Å². The van der Waals surface area contributed by atoms with E-state index in [1.54, 1.807) is 18.3 Å². The number of aromatic amines is 1. The van der Waals surface area contributed by atoms with Crippen LogP contribution in [0.15, 0.2) is 42.6 Å². The Labute approximate surface area is 106 Å². The minimum Gasteiger partial charge on any atom is -0.357 e. The lowest BCUT2D eigenvalue weighted by atomic mass is 10.2. The van der Waals surface area contributed by atoms with Crippen LogP contribution < -0.4 is 10.6 Å². The largest absolute Gasteiger partial charge is 0.357 e. The van der Waals surface area contributed by atoms with Gasteiger partial charge in [0.15, 0.2) is 0 Å².